The molecule has 3 aromatic rings. The zero-order chi connectivity index (χ0) is 21.3. The molecule has 2 N–H and O–H groups in total. The zero-order valence-electron chi connectivity index (χ0n) is 15.6. The first kappa shape index (κ1) is 20.4. The van der Waals surface area contributed by atoms with E-state index in [4.69, 9.17) is 11.6 Å². The molecule has 30 heavy (non-hydrogen) atoms. The minimum atomic E-state index is -4.59. The molecule has 1 aliphatic heterocycles. The normalized spacial score (nSPS) is 15.5. The number of fused-ring (bicyclic) bond motifs is 1. The quantitative estimate of drug-likeness (QED) is 0.649. The van der Waals surface area contributed by atoms with Gasteiger partial charge in [-0.2, -0.15) is 13.2 Å². The lowest BCUT2D eigenvalue weighted by molar-refractivity contribution is -0.137. The SMILES string of the molecule is O=C(CN1CCN(c2ncnc3nc[nH]c23)CC1)Nc1ccc(Cl)c(C(F)(F)F)c1. The highest BCUT2D eigenvalue weighted by Gasteiger charge is 2.33. The van der Waals surface area contributed by atoms with Crippen LogP contribution in [0.1, 0.15) is 5.56 Å². The first-order chi connectivity index (χ1) is 14.3. The molecule has 158 valence electrons. The number of amides is 1. The van der Waals surface area contributed by atoms with Crippen molar-refractivity contribution in [3.63, 3.8) is 0 Å². The van der Waals surface area contributed by atoms with Crippen molar-refractivity contribution in [2.45, 2.75) is 6.18 Å². The van der Waals surface area contributed by atoms with Gasteiger partial charge in [-0.1, -0.05) is 11.6 Å². The Morgan fingerprint density at radius 2 is 1.93 bits per heavy atom. The highest BCUT2D eigenvalue weighted by Crippen LogP contribution is 2.36. The van der Waals surface area contributed by atoms with Gasteiger partial charge in [0.1, 0.15) is 11.8 Å². The number of benzene rings is 1. The van der Waals surface area contributed by atoms with Crippen molar-refractivity contribution in [3.8, 4) is 0 Å². The van der Waals surface area contributed by atoms with Crippen molar-refractivity contribution < 1.29 is 18.0 Å². The Kier molecular flexibility index (Phi) is 5.48. The standard InChI is InChI=1S/C18H17ClF3N7O/c19-13-2-1-11(7-12(13)18(20,21)22)27-14(30)8-28-3-5-29(6-4-28)17-15-16(24-9-23-15)25-10-26-17/h1-2,7,9-10H,3-6,8H2,(H,27,30)(H,23,24,25,26). The number of imidazole rings is 1. The molecule has 0 saturated carbocycles. The van der Waals surface area contributed by atoms with Crippen molar-refractivity contribution in [1.29, 1.82) is 0 Å². The van der Waals surface area contributed by atoms with Gasteiger partial charge in [0.05, 0.1) is 23.5 Å². The van der Waals surface area contributed by atoms with Crippen LogP contribution in [0.15, 0.2) is 30.9 Å². The summed E-state index contributed by atoms with van der Waals surface area (Å²) in [6.07, 6.45) is -1.57. The molecule has 2 aromatic heterocycles. The second kappa shape index (κ2) is 8.07. The van der Waals surface area contributed by atoms with Gasteiger partial charge in [-0.3, -0.25) is 9.69 Å². The van der Waals surface area contributed by atoms with Crippen LogP contribution < -0.4 is 10.2 Å². The van der Waals surface area contributed by atoms with Crippen LogP contribution in [0.25, 0.3) is 11.2 Å². The number of carbonyl (C=O) groups is 1. The lowest BCUT2D eigenvalue weighted by Crippen LogP contribution is -2.49. The Bertz CT molecular complexity index is 1060. The molecule has 1 saturated heterocycles. The molecule has 8 nitrogen and oxygen atoms in total. The van der Waals surface area contributed by atoms with Crippen LogP contribution in [-0.2, 0) is 11.0 Å². The fourth-order valence-electron chi connectivity index (χ4n) is 3.33. The van der Waals surface area contributed by atoms with Gasteiger partial charge in [0.15, 0.2) is 11.5 Å². The van der Waals surface area contributed by atoms with E-state index in [1.165, 1.54) is 12.4 Å². The second-order valence-corrected chi connectivity index (χ2v) is 7.21. The Morgan fingerprint density at radius 1 is 1.17 bits per heavy atom. The Hall–Kier alpha value is -2.92. The van der Waals surface area contributed by atoms with Gasteiger partial charge in [0, 0.05) is 31.9 Å². The van der Waals surface area contributed by atoms with Gasteiger partial charge in [0.2, 0.25) is 5.91 Å². The second-order valence-electron chi connectivity index (χ2n) is 6.80. The largest absolute Gasteiger partial charge is 0.417 e. The number of carbonyl (C=O) groups excluding carboxylic acids is 1. The van der Waals surface area contributed by atoms with Crippen LogP contribution in [0.2, 0.25) is 5.02 Å². The molecular weight excluding hydrogens is 423 g/mol. The molecule has 1 fully saturated rings. The zero-order valence-corrected chi connectivity index (χ0v) is 16.3. The molecule has 0 spiro atoms. The van der Waals surface area contributed by atoms with E-state index in [1.807, 2.05) is 4.90 Å². The van der Waals surface area contributed by atoms with Crippen LogP contribution in [0.3, 0.4) is 0 Å². The van der Waals surface area contributed by atoms with Gasteiger partial charge >= 0.3 is 6.18 Å². The number of anilines is 2. The number of alkyl halides is 3. The van der Waals surface area contributed by atoms with E-state index in [9.17, 15) is 18.0 Å². The van der Waals surface area contributed by atoms with E-state index in [-0.39, 0.29) is 12.2 Å². The summed E-state index contributed by atoms with van der Waals surface area (Å²) < 4.78 is 38.9. The fraction of sp³-hybridized carbons (Fsp3) is 0.333. The number of rotatable bonds is 4. The average Bonchev–Trinajstić information content (AvgIpc) is 3.18. The Balaban J connectivity index is 1.34. The molecule has 1 aromatic carbocycles. The van der Waals surface area contributed by atoms with E-state index in [1.54, 1.807) is 6.33 Å². The predicted molar refractivity (Wildman–Crippen MR) is 105 cm³/mol. The smallest absolute Gasteiger partial charge is 0.352 e. The summed E-state index contributed by atoms with van der Waals surface area (Å²) in [7, 11) is 0. The molecule has 12 heteroatoms. The summed E-state index contributed by atoms with van der Waals surface area (Å²) in [6, 6.07) is 3.30. The summed E-state index contributed by atoms with van der Waals surface area (Å²) >= 11 is 5.61. The van der Waals surface area contributed by atoms with E-state index in [0.717, 1.165) is 23.5 Å². The maximum atomic E-state index is 13.0. The molecule has 4 rings (SSSR count). The lowest BCUT2D eigenvalue weighted by Gasteiger charge is -2.35. The molecule has 0 radical (unpaired) electrons. The van der Waals surface area contributed by atoms with E-state index in [2.05, 4.69) is 30.2 Å². The summed E-state index contributed by atoms with van der Waals surface area (Å²) in [5.74, 6) is 0.360. The number of aromatic nitrogens is 4. The number of nitrogens with zero attached hydrogens (tertiary/aromatic N) is 5. The van der Waals surface area contributed by atoms with Gasteiger partial charge in [0.25, 0.3) is 0 Å². The number of hydrogen-bond acceptors (Lipinski definition) is 6. The summed E-state index contributed by atoms with van der Waals surface area (Å²) in [5.41, 5.74) is 0.415. The topological polar surface area (TPSA) is 90.0 Å². The monoisotopic (exact) mass is 439 g/mol. The lowest BCUT2D eigenvalue weighted by atomic mass is 10.2. The third-order valence-corrected chi connectivity index (χ3v) is 5.13. The summed E-state index contributed by atoms with van der Waals surface area (Å²) in [4.78, 5) is 31.9. The molecule has 0 aliphatic carbocycles. The van der Waals surface area contributed by atoms with Gasteiger partial charge in [-0.25, -0.2) is 15.0 Å². The van der Waals surface area contributed by atoms with Crippen LogP contribution >= 0.6 is 11.6 Å². The molecule has 1 aliphatic rings. The third kappa shape index (κ3) is 4.31. The van der Waals surface area contributed by atoms with Crippen LogP contribution in [0, 0.1) is 0 Å². The minimum absolute atomic E-state index is 0.0537. The maximum absolute atomic E-state index is 13.0. The highest BCUT2D eigenvalue weighted by molar-refractivity contribution is 6.31. The number of aromatic amines is 1. The van der Waals surface area contributed by atoms with Crippen molar-refractivity contribution >= 4 is 40.2 Å². The van der Waals surface area contributed by atoms with E-state index in [0.29, 0.717) is 31.8 Å². The van der Waals surface area contributed by atoms with E-state index >= 15 is 0 Å². The van der Waals surface area contributed by atoms with Crippen molar-refractivity contribution in [3.05, 3.63) is 41.4 Å². The third-order valence-electron chi connectivity index (χ3n) is 4.80. The van der Waals surface area contributed by atoms with Crippen LogP contribution in [0.4, 0.5) is 24.7 Å². The van der Waals surface area contributed by atoms with Gasteiger partial charge in [-0.05, 0) is 18.2 Å². The molecule has 0 bridgehead atoms. The predicted octanol–water partition coefficient (Wildman–Crippen LogP) is 2.79. The van der Waals surface area contributed by atoms with Gasteiger partial charge in [-0.15, -0.1) is 0 Å². The number of halogens is 4. The first-order valence-corrected chi connectivity index (χ1v) is 9.47. The van der Waals surface area contributed by atoms with Crippen LogP contribution in [-0.4, -0.2) is 63.5 Å². The first-order valence-electron chi connectivity index (χ1n) is 9.09. The molecule has 3 heterocycles. The summed E-state index contributed by atoms with van der Waals surface area (Å²) in [5, 5.41) is 2.10. The van der Waals surface area contributed by atoms with Gasteiger partial charge < -0.3 is 15.2 Å². The van der Waals surface area contributed by atoms with Crippen molar-refractivity contribution in [2.24, 2.45) is 0 Å². The summed E-state index contributed by atoms with van der Waals surface area (Å²) in [6.45, 7) is 2.54. The number of hydrogen-bond donors (Lipinski definition) is 2. The molecule has 0 atom stereocenters. The fourth-order valence-corrected chi connectivity index (χ4v) is 3.56. The minimum Gasteiger partial charge on any atom is -0.352 e. The number of H-pyrrole nitrogens is 1. The highest BCUT2D eigenvalue weighted by atomic mass is 35.5. The Morgan fingerprint density at radius 3 is 2.67 bits per heavy atom. The van der Waals surface area contributed by atoms with Crippen molar-refractivity contribution in [1.82, 2.24) is 24.8 Å². The van der Waals surface area contributed by atoms with E-state index < -0.39 is 22.7 Å². The average molecular weight is 440 g/mol. The van der Waals surface area contributed by atoms with Crippen LogP contribution in [0.5, 0.6) is 0 Å². The Labute approximate surface area is 174 Å². The number of nitrogens with one attached hydrogen (secondary N) is 2. The molecule has 1 amide bonds. The molecular formula is C18H17ClF3N7O. The van der Waals surface area contributed by atoms with Crippen molar-refractivity contribution in [2.75, 3.05) is 42.9 Å². The molecule has 0 unspecified atom stereocenters. The number of piperazine rings is 1. The maximum Gasteiger partial charge on any atom is 0.417 e.